The molecule has 4 nitrogen and oxygen atoms in total. The normalized spacial score (nSPS) is 21.6. The molecule has 3 heterocycles. The third-order valence-electron chi connectivity index (χ3n) is 7.21. The lowest BCUT2D eigenvalue weighted by atomic mass is 9.86. The second kappa shape index (κ2) is 17.1. The Bertz CT molecular complexity index is 942. The van der Waals surface area contributed by atoms with Gasteiger partial charge in [-0.15, -0.1) is 23.1 Å². The molecule has 3 atom stereocenters. The van der Waals surface area contributed by atoms with Crippen LogP contribution in [0.4, 0.5) is 0 Å². The van der Waals surface area contributed by atoms with Crippen LogP contribution in [0.5, 0.6) is 0 Å². The molecule has 0 spiro atoms. The zero-order chi connectivity index (χ0) is 27.2. The van der Waals surface area contributed by atoms with Crippen LogP contribution in [0, 0.1) is 11.8 Å². The lowest BCUT2D eigenvalue weighted by molar-refractivity contribution is -0.655. The first-order valence-electron chi connectivity index (χ1n) is 14.0. The number of nitrogens with zero attached hydrogens (tertiary/aromatic N) is 2. The predicted octanol–water partition coefficient (Wildman–Crippen LogP) is 6.58. The van der Waals surface area contributed by atoms with Gasteiger partial charge >= 0.3 is 0 Å². The van der Waals surface area contributed by atoms with Crippen LogP contribution < -0.4 is 10.6 Å². The van der Waals surface area contributed by atoms with Crippen molar-refractivity contribution in [3.05, 3.63) is 62.9 Å². The Morgan fingerprint density at radius 1 is 1.32 bits per heavy atom. The van der Waals surface area contributed by atoms with Gasteiger partial charge in [-0.25, -0.2) is 0 Å². The number of hydrogen-bond acceptors (Lipinski definition) is 5. The molecule has 2 aliphatic heterocycles. The molecule has 1 fully saturated rings. The van der Waals surface area contributed by atoms with Crippen LogP contribution in [0.2, 0.25) is 0 Å². The van der Waals surface area contributed by atoms with Crippen molar-refractivity contribution in [3.63, 3.8) is 0 Å². The van der Waals surface area contributed by atoms with Gasteiger partial charge in [0, 0.05) is 37.4 Å². The average Bonchev–Trinajstić information content (AvgIpc) is 3.54. The number of thioether (sulfide) groups is 1. The van der Waals surface area contributed by atoms with Crippen LogP contribution in [0.25, 0.3) is 5.70 Å². The van der Waals surface area contributed by atoms with Crippen molar-refractivity contribution in [2.24, 2.45) is 16.8 Å². The molecule has 2 aliphatic rings. The summed E-state index contributed by atoms with van der Waals surface area (Å²) in [7, 11) is 4.22. The van der Waals surface area contributed by atoms with Crippen LogP contribution >= 0.6 is 23.1 Å². The summed E-state index contributed by atoms with van der Waals surface area (Å²) in [6, 6.07) is 4.29. The molecule has 0 aliphatic carbocycles. The number of thiophene rings is 1. The largest absolute Gasteiger partial charge is 0.387 e. The van der Waals surface area contributed by atoms with E-state index in [1.807, 2.05) is 31.9 Å². The molecule has 1 aromatic heterocycles. The number of allylic oxidation sites excluding steroid dienone is 5. The van der Waals surface area contributed by atoms with Gasteiger partial charge in [0.2, 0.25) is 0 Å². The Kier molecular flexibility index (Phi) is 14.6. The molecule has 3 N–H and O–H groups in total. The highest BCUT2D eigenvalue weighted by molar-refractivity contribution is 8.04. The van der Waals surface area contributed by atoms with Crippen LogP contribution in [-0.2, 0) is 0 Å². The molecular formula is C31H51N4S2+. The van der Waals surface area contributed by atoms with Gasteiger partial charge in [0.05, 0.1) is 28.7 Å². The predicted molar refractivity (Wildman–Crippen MR) is 168 cm³/mol. The van der Waals surface area contributed by atoms with E-state index in [0.29, 0.717) is 17.1 Å². The molecule has 3 unspecified atom stereocenters. The van der Waals surface area contributed by atoms with Crippen LogP contribution in [0.3, 0.4) is 0 Å². The quantitative estimate of drug-likeness (QED) is 0.178. The van der Waals surface area contributed by atoms with Crippen molar-refractivity contribution in [1.29, 1.82) is 0 Å². The Morgan fingerprint density at radius 2 is 2.11 bits per heavy atom. The first-order valence-corrected chi connectivity index (χ1v) is 15.8. The summed E-state index contributed by atoms with van der Waals surface area (Å²) in [6.45, 7) is 19.8. The summed E-state index contributed by atoms with van der Waals surface area (Å²) >= 11 is 3.73. The second-order valence-electron chi connectivity index (χ2n) is 10.0. The Balaban J connectivity index is 0.000000269. The average molecular weight is 544 g/mol. The van der Waals surface area contributed by atoms with E-state index < -0.39 is 0 Å². The minimum atomic E-state index is 0.659. The van der Waals surface area contributed by atoms with Crippen molar-refractivity contribution in [2.45, 2.75) is 65.6 Å². The van der Waals surface area contributed by atoms with Gasteiger partial charge in [-0.1, -0.05) is 38.1 Å². The fourth-order valence-electron chi connectivity index (χ4n) is 5.18. The number of nitrogens with two attached hydrogens (primary N) is 1. The zero-order valence-electron chi connectivity index (χ0n) is 24.3. The number of piperidine rings is 1. The minimum Gasteiger partial charge on any atom is -0.387 e. The van der Waals surface area contributed by atoms with Gasteiger partial charge in [-0.2, -0.15) is 0 Å². The van der Waals surface area contributed by atoms with Gasteiger partial charge in [0.1, 0.15) is 0 Å². The van der Waals surface area contributed by atoms with Gasteiger partial charge in [-0.05, 0) is 88.2 Å². The molecule has 37 heavy (non-hydrogen) atoms. The summed E-state index contributed by atoms with van der Waals surface area (Å²) in [5, 5.41) is 9.81. The first kappa shape index (κ1) is 31.6. The molecular weight excluding hydrogens is 493 g/mol. The summed E-state index contributed by atoms with van der Waals surface area (Å²) in [6.07, 6.45) is 11.5. The van der Waals surface area contributed by atoms with Gasteiger partial charge in [0.25, 0.3) is 0 Å². The molecule has 0 amide bonds. The molecule has 0 bridgehead atoms. The van der Waals surface area contributed by atoms with Crippen molar-refractivity contribution in [1.82, 2.24) is 10.2 Å². The molecule has 206 valence electrons. The smallest absolute Gasteiger partial charge is 0.0996 e. The molecule has 6 heteroatoms. The maximum atomic E-state index is 4.51. The summed E-state index contributed by atoms with van der Waals surface area (Å²) < 4.78 is 0. The third-order valence-corrected chi connectivity index (χ3v) is 9.44. The van der Waals surface area contributed by atoms with Crippen molar-refractivity contribution in [2.75, 3.05) is 40.3 Å². The summed E-state index contributed by atoms with van der Waals surface area (Å²) in [5.41, 5.74) is 5.31. The fourth-order valence-corrected chi connectivity index (χ4v) is 7.60. The van der Waals surface area contributed by atoms with E-state index in [-0.39, 0.29) is 0 Å². The van der Waals surface area contributed by atoms with Gasteiger partial charge < -0.3 is 15.5 Å². The van der Waals surface area contributed by atoms with E-state index in [1.54, 1.807) is 11.3 Å². The summed E-state index contributed by atoms with van der Waals surface area (Å²) in [5.74, 6) is 1.34. The highest BCUT2D eigenvalue weighted by atomic mass is 32.2. The lowest BCUT2D eigenvalue weighted by Gasteiger charge is -2.33. The molecule has 0 saturated carbocycles. The number of likely N-dealkylation sites (tertiary alicyclic amines) is 1. The molecule has 1 aromatic rings. The van der Waals surface area contributed by atoms with Crippen LogP contribution in [0.15, 0.2) is 63.0 Å². The van der Waals surface area contributed by atoms with E-state index in [1.165, 1.54) is 84.2 Å². The van der Waals surface area contributed by atoms with Crippen molar-refractivity contribution in [3.8, 4) is 0 Å². The molecule has 0 radical (unpaired) electrons. The van der Waals surface area contributed by atoms with E-state index in [2.05, 4.69) is 91.5 Å². The van der Waals surface area contributed by atoms with E-state index in [9.17, 15) is 0 Å². The van der Waals surface area contributed by atoms with Gasteiger partial charge in [0.15, 0.2) is 0 Å². The minimum absolute atomic E-state index is 0.659. The fraction of sp³-hybridized carbons (Fsp3) is 0.581. The number of fused-ring (bicyclic) bond motifs is 1. The number of aliphatic imine (C=N–C) groups is 1. The standard InChI is InChI=1S/C18H30N2S.C13H20N2S/c1-5-11-20-12-10-15(6-2)16(7-3)14-17(19-4)18-9-8-13-21-18;1-5-14-13-12(9(2)3)10-6-7-15(4)8-11(10)16-13/h7-9,13-15,19-20H,5-6,10-12H2,1-4H3;5,10-11H,2,6-8H2,1,3-4H3/p+1/b16-7-,17-14-;14-5-. The Labute approximate surface area is 235 Å². The maximum absolute atomic E-state index is 4.51. The Morgan fingerprint density at radius 3 is 2.68 bits per heavy atom. The number of hydrogen-bond donors (Lipinski definition) is 2. The van der Waals surface area contributed by atoms with E-state index >= 15 is 0 Å². The lowest BCUT2D eigenvalue weighted by Crippen LogP contribution is -2.84. The number of nitrogens with one attached hydrogen (secondary N) is 1. The molecule has 0 aromatic carbocycles. The maximum Gasteiger partial charge on any atom is 0.0996 e. The monoisotopic (exact) mass is 543 g/mol. The van der Waals surface area contributed by atoms with Crippen LogP contribution in [0.1, 0.15) is 65.2 Å². The highest BCUT2D eigenvalue weighted by Gasteiger charge is 2.38. The third kappa shape index (κ3) is 9.58. The number of rotatable bonds is 12. The zero-order valence-corrected chi connectivity index (χ0v) is 26.0. The van der Waals surface area contributed by atoms with Crippen molar-refractivity contribution >= 4 is 35.0 Å². The van der Waals surface area contributed by atoms with E-state index in [4.69, 9.17) is 0 Å². The van der Waals surface area contributed by atoms with Gasteiger partial charge in [-0.3, -0.25) is 4.99 Å². The SMILES string of the molecule is C/C=C(/C=C(\NC)c1cccs1)C(CC)CC[NH2+]CCC.C=C(C)C1=C(/N=C\C)SC2CN(C)CCC12. The van der Waals surface area contributed by atoms with E-state index in [0.717, 1.165) is 0 Å². The van der Waals surface area contributed by atoms with Crippen LogP contribution in [-0.4, -0.2) is 56.6 Å². The van der Waals surface area contributed by atoms with Crippen molar-refractivity contribution < 1.29 is 5.32 Å². The second-order valence-corrected chi connectivity index (χ2v) is 12.2. The topological polar surface area (TPSA) is 44.2 Å². The number of quaternary nitrogens is 1. The Hall–Kier alpha value is -1.60. The summed E-state index contributed by atoms with van der Waals surface area (Å²) in [4.78, 5) is 8.24. The first-order chi connectivity index (χ1) is 17.9. The highest BCUT2D eigenvalue weighted by Crippen LogP contribution is 2.48. The molecule has 1 saturated heterocycles. The molecule has 3 rings (SSSR count).